The van der Waals surface area contributed by atoms with Gasteiger partial charge in [-0.05, 0) is 79.9 Å². The van der Waals surface area contributed by atoms with E-state index in [-0.39, 0.29) is 4.90 Å². The number of rotatable bonds is 4. The molecule has 6 nitrogen and oxygen atoms in total. The molecule has 0 aliphatic carbocycles. The van der Waals surface area contributed by atoms with E-state index < -0.39 is 10.0 Å². The smallest absolute Gasteiger partial charge is 0.243 e. The molecule has 0 amide bonds. The van der Waals surface area contributed by atoms with Crippen molar-refractivity contribution in [1.29, 1.82) is 0 Å². The summed E-state index contributed by atoms with van der Waals surface area (Å²) in [5, 5.41) is 9.38. The molecule has 0 unspecified atom stereocenters. The first kappa shape index (κ1) is 21.7. The van der Waals surface area contributed by atoms with Crippen LogP contribution in [0.3, 0.4) is 0 Å². The van der Waals surface area contributed by atoms with Gasteiger partial charge in [-0.15, -0.1) is 10.2 Å². The molecule has 1 aliphatic rings. The van der Waals surface area contributed by atoms with Crippen molar-refractivity contribution in [2.24, 2.45) is 0 Å². The number of benzene rings is 2. The third-order valence-corrected chi connectivity index (χ3v) is 7.95. The molecule has 4 rings (SSSR count). The van der Waals surface area contributed by atoms with Gasteiger partial charge in [0.1, 0.15) is 0 Å². The van der Waals surface area contributed by atoms with Gasteiger partial charge in [-0.1, -0.05) is 17.7 Å². The maximum absolute atomic E-state index is 12.9. The van der Waals surface area contributed by atoms with Crippen LogP contribution in [0.4, 0.5) is 5.82 Å². The number of sulfonamides is 1. The van der Waals surface area contributed by atoms with Crippen LogP contribution in [-0.4, -0.2) is 49.1 Å². The normalized spacial score (nSPS) is 15.3. The molecule has 162 valence electrons. The number of aromatic nitrogens is 2. The third kappa shape index (κ3) is 4.44. The highest BCUT2D eigenvalue weighted by Crippen LogP contribution is 2.26. The highest BCUT2D eigenvalue weighted by Gasteiger charge is 2.29. The highest BCUT2D eigenvalue weighted by molar-refractivity contribution is 7.89. The average molecular weight is 457 g/mol. The van der Waals surface area contributed by atoms with E-state index in [0.29, 0.717) is 31.2 Å². The zero-order chi connectivity index (χ0) is 22.2. The van der Waals surface area contributed by atoms with Gasteiger partial charge in [0, 0.05) is 36.8 Å². The van der Waals surface area contributed by atoms with Crippen molar-refractivity contribution in [2.45, 2.75) is 25.7 Å². The number of hydrogen-bond acceptors (Lipinski definition) is 5. The van der Waals surface area contributed by atoms with E-state index in [1.165, 1.54) is 21.0 Å². The fourth-order valence-electron chi connectivity index (χ4n) is 3.79. The van der Waals surface area contributed by atoms with Gasteiger partial charge in [-0.3, -0.25) is 0 Å². The summed E-state index contributed by atoms with van der Waals surface area (Å²) in [5.74, 6) is 0.758. The van der Waals surface area contributed by atoms with E-state index >= 15 is 0 Å². The van der Waals surface area contributed by atoms with E-state index in [0.717, 1.165) is 17.1 Å². The molecule has 31 heavy (non-hydrogen) atoms. The van der Waals surface area contributed by atoms with Gasteiger partial charge < -0.3 is 4.90 Å². The lowest BCUT2D eigenvalue weighted by Gasteiger charge is -2.34. The monoisotopic (exact) mass is 456 g/mol. The summed E-state index contributed by atoms with van der Waals surface area (Å²) in [6, 6.07) is 14.5. The largest absolute Gasteiger partial charge is 0.352 e. The van der Waals surface area contributed by atoms with Gasteiger partial charge in [0.05, 0.1) is 10.6 Å². The Labute approximate surface area is 188 Å². The fourth-order valence-corrected chi connectivity index (χ4v) is 5.34. The Morgan fingerprint density at radius 2 is 1.45 bits per heavy atom. The minimum atomic E-state index is -3.53. The second-order valence-corrected chi connectivity index (χ2v) is 10.2. The lowest BCUT2D eigenvalue weighted by Crippen LogP contribution is -2.48. The van der Waals surface area contributed by atoms with Crippen molar-refractivity contribution < 1.29 is 8.42 Å². The molecule has 1 fully saturated rings. The third-order valence-electron chi connectivity index (χ3n) is 5.78. The predicted octanol–water partition coefficient (Wildman–Crippen LogP) is 4.23. The summed E-state index contributed by atoms with van der Waals surface area (Å²) in [4.78, 5) is 2.33. The number of piperazine rings is 1. The van der Waals surface area contributed by atoms with Crippen LogP contribution in [0.5, 0.6) is 0 Å². The van der Waals surface area contributed by atoms with E-state index in [1.807, 2.05) is 12.1 Å². The van der Waals surface area contributed by atoms with Crippen LogP contribution in [-0.2, 0) is 10.0 Å². The second kappa shape index (κ2) is 8.57. The van der Waals surface area contributed by atoms with E-state index in [1.54, 1.807) is 24.3 Å². The Morgan fingerprint density at radius 1 is 0.806 bits per heavy atom. The molecule has 0 saturated carbocycles. The number of nitrogens with zero attached hydrogens (tertiary/aromatic N) is 4. The summed E-state index contributed by atoms with van der Waals surface area (Å²) in [7, 11) is -3.53. The average Bonchev–Trinajstić information content (AvgIpc) is 2.77. The van der Waals surface area contributed by atoms with Crippen molar-refractivity contribution in [1.82, 2.24) is 14.5 Å². The van der Waals surface area contributed by atoms with Gasteiger partial charge in [0.2, 0.25) is 10.0 Å². The summed E-state index contributed by atoms with van der Waals surface area (Å²) >= 11 is 5.88. The minimum absolute atomic E-state index is 0.262. The molecule has 0 N–H and O–H groups in total. The van der Waals surface area contributed by atoms with Crippen LogP contribution in [0.15, 0.2) is 53.4 Å². The first-order valence-electron chi connectivity index (χ1n) is 10.2. The number of aryl methyl sites for hydroxylation is 3. The van der Waals surface area contributed by atoms with E-state index in [4.69, 9.17) is 11.6 Å². The van der Waals surface area contributed by atoms with Gasteiger partial charge in [-0.25, -0.2) is 8.42 Å². The Balaban J connectivity index is 1.46. The van der Waals surface area contributed by atoms with Crippen molar-refractivity contribution >= 4 is 27.4 Å². The Morgan fingerprint density at radius 3 is 2.06 bits per heavy atom. The molecule has 0 bridgehead atoms. The van der Waals surface area contributed by atoms with Gasteiger partial charge in [0.15, 0.2) is 5.82 Å². The van der Waals surface area contributed by atoms with Gasteiger partial charge in [0.25, 0.3) is 0 Å². The summed E-state index contributed by atoms with van der Waals surface area (Å²) in [5.41, 5.74) is 5.59. The lowest BCUT2D eigenvalue weighted by molar-refractivity contribution is 0.383. The molecule has 2 heterocycles. The summed E-state index contributed by atoms with van der Waals surface area (Å²) in [6.45, 7) is 8.19. The first-order valence-corrected chi connectivity index (χ1v) is 12.0. The Kier molecular flexibility index (Phi) is 6.01. The molecule has 1 aliphatic heterocycles. The maximum atomic E-state index is 12.9. The molecule has 2 aromatic carbocycles. The zero-order valence-electron chi connectivity index (χ0n) is 17.8. The van der Waals surface area contributed by atoms with Crippen LogP contribution in [0, 0.1) is 20.8 Å². The highest BCUT2D eigenvalue weighted by atomic mass is 35.5. The number of hydrogen-bond donors (Lipinski definition) is 0. The Bertz CT molecular complexity index is 1190. The van der Waals surface area contributed by atoms with Gasteiger partial charge >= 0.3 is 0 Å². The van der Waals surface area contributed by atoms with Crippen LogP contribution < -0.4 is 4.90 Å². The predicted molar refractivity (Wildman–Crippen MR) is 124 cm³/mol. The molecule has 3 aromatic rings. The van der Waals surface area contributed by atoms with Crippen LogP contribution >= 0.6 is 11.6 Å². The molecule has 8 heteroatoms. The SMILES string of the molecule is Cc1cc(C)c(-c2ccc(N3CCN(S(=O)(=O)c4ccc(Cl)cc4)CC3)nn2)cc1C. The minimum Gasteiger partial charge on any atom is -0.352 e. The number of anilines is 1. The van der Waals surface area contributed by atoms with E-state index in [2.05, 4.69) is 48.0 Å². The first-order chi connectivity index (χ1) is 14.8. The molecule has 0 spiro atoms. The van der Waals surface area contributed by atoms with Crippen LogP contribution in [0.2, 0.25) is 5.02 Å². The lowest BCUT2D eigenvalue weighted by atomic mass is 9.99. The quantitative estimate of drug-likeness (QED) is 0.587. The van der Waals surface area contributed by atoms with Crippen molar-refractivity contribution in [3.05, 3.63) is 70.2 Å². The fraction of sp³-hybridized carbons (Fsp3) is 0.304. The molecular weight excluding hydrogens is 432 g/mol. The summed E-state index contributed by atoms with van der Waals surface area (Å²) < 4.78 is 27.2. The Hall–Kier alpha value is -2.48. The van der Waals surface area contributed by atoms with E-state index in [9.17, 15) is 8.42 Å². The van der Waals surface area contributed by atoms with Crippen molar-refractivity contribution in [2.75, 3.05) is 31.1 Å². The zero-order valence-corrected chi connectivity index (χ0v) is 19.4. The van der Waals surface area contributed by atoms with Crippen LogP contribution in [0.25, 0.3) is 11.3 Å². The molecule has 1 saturated heterocycles. The molecule has 0 radical (unpaired) electrons. The molecule has 0 atom stereocenters. The maximum Gasteiger partial charge on any atom is 0.243 e. The number of halogens is 1. The second-order valence-electron chi connectivity index (χ2n) is 7.87. The standard InChI is InChI=1S/C23H25ClN4O2S/c1-16-14-18(3)21(15-17(16)2)22-8-9-23(26-25-22)27-10-12-28(13-11-27)31(29,30)20-6-4-19(24)5-7-20/h4-9,14-15H,10-13H2,1-3H3. The van der Waals surface area contributed by atoms with Crippen molar-refractivity contribution in [3.63, 3.8) is 0 Å². The molecule has 1 aromatic heterocycles. The van der Waals surface area contributed by atoms with Crippen LogP contribution in [0.1, 0.15) is 16.7 Å². The van der Waals surface area contributed by atoms with Gasteiger partial charge in [-0.2, -0.15) is 4.31 Å². The van der Waals surface area contributed by atoms with Crippen molar-refractivity contribution in [3.8, 4) is 11.3 Å². The topological polar surface area (TPSA) is 66.4 Å². The molecular formula is C23H25ClN4O2S. The summed E-state index contributed by atoms with van der Waals surface area (Å²) in [6.07, 6.45) is 0.